The lowest BCUT2D eigenvalue weighted by atomic mass is 9.94. The molecule has 1 amide bonds. The molecular formula is C22H35N3O3. The molecule has 6 heteroatoms. The van der Waals surface area contributed by atoms with Crippen molar-refractivity contribution in [1.29, 1.82) is 0 Å². The molecule has 1 fully saturated rings. The van der Waals surface area contributed by atoms with E-state index >= 15 is 0 Å². The molecule has 0 atom stereocenters. The van der Waals surface area contributed by atoms with Crippen LogP contribution in [0.5, 0.6) is 5.75 Å². The Morgan fingerprint density at radius 1 is 1.32 bits per heavy atom. The van der Waals surface area contributed by atoms with Crippen LogP contribution in [-0.2, 0) is 11.2 Å². The smallest absolute Gasteiger partial charge is 0.253 e. The average Bonchev–Trinajstić information content (AvgIpc) is 2.72. The molecule has 3 rings (SSSR count). The molecule has 0 unspecified atom stereocenters. The number of anilines is 1. The van der Waals surface area contributed by atoms with Gasteiger partial charge in [0.15, 0.2) is 0 Å². The summed E-state index contributed by atoms with van der Waals surface area (Å²) in [7, 11) is 3.46. The van der Waals surface area contributed by atoms with Gasteiger partial charge < -0.3 is 25.0 Å². The van der Waals surface area contributed by atoms with Crippen LogP contribution < -0.4 is 15.4 Å². The summed E-state index contributed by atoms with van der Waals surface area (Å²) in [5.41, 5.74) is 3.88. The predicted molar refractivity (Wildman–Crippen MR) is 113 cm³/mol. The molecule has 1 aromatic rings. The Hall–Kier alpha value is -1.79. The number of ether oxygens (including phenoxy) is 2. The van der Waals surface area contributed by atoms with Crippen LogP contribution in [0.1, 0.15) is 47.2 Å². The van der Waals surface area contributed by atoms with Gasteiger partial charge >= 0.3 is 0 Å². The Bertz CT molecular complexity index is 669. The van der Waals surface area contributed by atoms with E-state index in [-0.39, 0.29) is 5.91 Å². The first kappa shape index (κ1) is 20.9. The van der Waals surface area contributed by atoms with Crippen LogP contribution in [-0.4, -0.2) is 64.4 Å². The number of nitrogens with zero attached hydrogens (tertiary/aromatic N) is 1. The third-order valence-corrected chi connectivity index (χ3v) is 6.00. The minimum absolute atomic E-state index is 0.0268. The molecule has 0 bridgehead atoms. The van der Waals surface area contributed by atoms with E-state index in [0.29, 0.717) is 5.92 Å². The molecule has 0 aromatic heterocycles. The van der Waals surface area contributed by atoms with Crippen molar-refractivity contribution in [2.45, 2.75) is 39.0 Å². The number of methoxy groups -OCH3 is 2. The van der Waals surface area contributed by atoms with Gasteiger partial charge in [-0.2, -0.15) is 0 Å². The lowest BCUT2D eigenvalue weighted by molar-refractivity contribution is 0.0934. The minimum atomic E-state index is 0.0268. The molecule has 156 valence electrons. The number of hydrogen-bond acceptors (Lipinski definition) is 5. The first-order chi connectivity index (χ1) is 13.6. The summed E-state index contributed by atoms with van der Waals surface area (Å²) < 4.78 is 10.7. The van der Waals surface area contributed by atoms with Crippen LogP contribution in [0.4, 0.5) is 5.69 Å². The molecule has 28 heavy (non-hydrogen) atoms. The number of fused-ring (bicyclic) bond motifs is 1. The number of piperidine rings is 1. The van der Waals surface area contributed by atoms with Crippen LogP contribution in [0, 0.1) is 12.8 Å². The largest absolute Gasteiger partial charge is 0.496 e. The van der Waals surface area contributed by atoms with Gasteiger partial charge in [0.05, 0.1) is 18.4 Å². The lowest BCUT2D eigenvalue weighted by Gasteiger charge is -2.32. The van der Waals surface area contributed by atoms with E-state index in [1.54, 1.807) is 14.2 Å². The second-order valence-electron chi connectivity index (χ2n) is 8.00. The number of carbonyl (C=O) groups is 1. The standard InChI is InChI=1S/C22H35N3O3/c1-16-14-19(20-18(21(16)28-3)6-4-9-23-20)22(26)24-15-17-7-11-25(12-8-17)10-5-13-27-2/h14,17,23H,4-13,15H2,1-3H3,(H,24,26). The first-order valence-electron chi connectivity index (χ1n) is 10.6. The molecule has 0 radical (unpaired) electrons. The fraction of sp³-hybridized carbons (Fsp3) is 0.682. The Morgan fingerprint density at radius 2 is 2.11 bits per heavy atom. The van der Waals surface area contributed by atoms with Gasteiger partial charge in [-0.15, -0.1) is 0 Å². The van der Waals surface area contributed by atoms with Crippen molar-refractivity contribution >= 4 is 11.6 Å². The Kier molecular flexibility index (Phi) is 7.57. The highest BCUT2D eigenvalue weighted by atomic mass is 16.5. The SMILES string of the molecule is COCCCN1CCC(CNC(=O)c2cc(C)c(OC)c3c2NCCC3)CC1. The van der Waals surface area contributed by atoms with Gasteiger partial charge in [0.1, 0.15) is 5.75 Å². The van der Waals surface area contributed by atoms with Gasteiger partial charge in [-0.1, -0.05) is 0 Å². The van der Waals surface area contributed by atoms with Crippen LogP contribution in [0.3, 0.4) is 0 Å². The van der Waals surface area contributed by atoms with Crippen molar-refractivity contribution < 1.29 is 14.3 Å². The van der Waals surface area contributed by atoms with Crippen molar-refractivity contribution in [1.82, 2.24) is 10.2 Å². The van der Waals surface area contributed by atoms with Crippen LogP contribution >= 0.6 is 0 Å². The summed E-state index contributed by atoms with van der Waals surface area (Å²) in [5.74, 6) is 1.50. The van der Waals surface area contributed by atoms with E-state index in [1.807, 2.05) is 13.0 Å². The van der Waals surface area contributed by atoms with Crippen LogP contribution in [0.2, 0.25) is 0 Å². The predicted octanol–water partition coefficient (Wildman–Crippen LogP) is 2.84. The van der Waals surface area contributed by atoms with Crippen molar-refractivity contribution in [2.75, 3.05) is 58.9 Å². The van der Waals surface area contributed by atoms with Crippen molar-refractivity contribution in [3.8, 4) is 5.75 Å². The highest BCUT2D eigenvalue weighted by molar-refractivity contribution is 6.01. The lowest BCUT2D eigenvalue weighted by Crippen LogP contribution is -2.39. The molecule has 2 N–H and O–H groups in total. The second-order valence-corrected chi connectivity index (χ2v) is 8.00. The normalized spacial score (nSPS) is 17.7. The summed E-state index contributed by atoms with van der Waals surface area (Å²) in [6.45, 7) is 7.84. The Labute approximate surface area is 169 Å². The quantitative estimate of drug-likeness (QED) is 0.670. The first-order valence-corrected chi connectivity index (χ1v) is 10.6. The van der Waals surface area contributed by atoms with E-state index in [1.165, 1.54) is 0 Å². The topological polar surface area (TPSA) is 62.8 Å². The summed E-state index contributed by atoms with van der Waals surface area (Å²) in [6, 6.07) is 1.96. The van der Waals surface area contributed by atoms with Gasteiger partial charge in [-0.3, -0.25) is 4.79 Å². The molecule has 1 saturated heterocycles. The van der Waals surface area contributed by atoms with Crippen molar-refractivity contribution in [2.24, 2.45) is 5.92 Å². The number of aryl methyl sites for hydroxylation is 1. The fourth-order valence-corrected chi connectivity index (χ4v) is 4.43. The molecule has 0 aliphatic carbocycles. The minimum Gasteiger partial charge on any atom is -0.496 e. The molecule has 2 aliphatic rings. The van der Waals surface area contributed by atoms with E-state index in [0.717, 1.165) is 99.6 Å². The molecule has 6 nitrogen and oxygen atoms in total. The molecular weight excluding hydrogens is 354 g/mol. The van der Waals surface area contributed by atoms with Crippen LogP contribution in [0.15, 0.2) is 6.07 Å². The van der Waals surface area contributed by atoms with E-state index < -0.39 is 0 Å². The number of carbonyl (C=O) groups excluding carboxylic acids is 1. The van der Waals surface area contributed by atoms with Crippen LogP contribution in [0.25, 0.3) is 0 Å². The number of rotatable bonds is 8. The third kappa shape index (κ3) is 4.97. The molecule has 1 aromatic carbocycles. The zero-order chi connectivity index (χ0) is 19.9. The van der Waals surface area contributed by atoms with Gasteiger partial charge in [0.2, 0.25) is 0 Å². The number of likely N-dealkylation sites (tertiary alicyclic amines) is 1. The Morgan fingerprint density at radius 3 is 2.82 bits per heavy atom. The monoisotopic (exact) mass is 389 g/mol. The third-order valence-electron chi connectivity index (χ3n) is 6.00. The molecule has 2 heterocycles. The number of amides is 1. The van der Waals surface area contributed by atoms with Gasteiger partial charge in [-0.25, -0.2) is 0 Å². The summed E-state index contributed by atoms with van der Waals surface area (Å²) in [6.07, 6.45) is 5.40. The fourth-order valence-electron chi connectivity index (χ4n) is 4.43. The summed E-state index contributed by atoms with van der Waals surface area (Å²) >= 11 is 0. The highest BCUT2D eigenvalue weighted by Gasteiger charge is 2.24. The van der Waals surface area contributed by atoms with E-state index in [9.17, 15) is 4.79 Å². The zero-order valence-electron chi connectivity index (χ0n) is 17.6. The zero-order valence-corrected chi connectivity index (χ0v) is 17.6. The average molecular weight is 390 g/mol. The molecule has 0 spiro atoms. The molecule has 2 aliphatic heterocycles. The molecule has 0 saturated carbocycles. The summed E-state index contributed by atoms with van der Waals surface area (Å²) in [4.78, 5) is 15.4. The van der Waals surface area contributed by atoms with E-state index in [4.69, 9.17) is 9.47 Å². The number of nitrogens with one attached hydrogen (secondary N) is 2. The number of benzene rings is 1. The van der Waals surface area contributed by atoms with Gasteiger partial charge in [0.25, 0.3) is 5.91 Å². The maximum atomic E-state index is 12.9. The van der Waals surface area contributed by atoms with Gasteiger partial charge in [0, 0.05) is 38.9 Å². The second kappa shape index (κ2) is 10.1. The van der Waals surface area contributed by atoms with Crippen molar-refractivity contribution in [3.05, 3.63) is 22.8 Å². The summed E-state index contributed by atoms with van der Waals surface area (Å²) in [5, 5.41) is 6.62. The Balaban J connectivity index is 1.55. The van der Waals surface area contributed by atoms with Gasteiger partial charge in [-0.05, 0) is 69.7 Å². The maximum absolute atomic E-state index is 12.9. The number of hydrogen-bond donors (Lipinski definition) is 2. The van der Waals surface area contributed by atoms with Crippen molar-refractivity contribution in [3.63, 3.8) is 0 Å². The maximum Gasteiger partial charge on any atom is 0.253 e. The highest BCUT2D eigenvalue weighted by Crippen LogP contribution is 2.36. The van der Waals surface area contributed by atoms with E-state index in [2.05, 4.69) is 15.5 Å².